The van der Waals surface area contributed by atoms with Crippen molar-refractivity contribution in [3.8, 4) is 0 Å². The van der Waals surface area contributed by atoms with E-state index in [9.17, 15) is 18.2 Å². The minimum Gasteiger partial charge on any atom is -0.398 e. The largest absolute Gasteiger partial charge is 0.674 e. The monoisotopic (exact) mass is 200 g/mol. The lowest BCUT2D eigenvalue weighted by Gasteiger charge is -1.65. The molecule has 0 aliphatic carbocycles. The molecule has 0 spiro atoms. The van der Waals surface area contributed by atoms with E-state index >= 15 is 0 Å². The maximum Gasteiger partial charge on any atom is 0.674 e. The zero-order valence-electron chi connectivity index (χ0n) is 6.38. The van der Waals surface area contributed by atoms with Crippen molar-refractivity contribution < 1.29 is 38.3 Å². The Morgan fingerprint density at radius 3 is 1.08 bits per heavy atom. The number of hydrogen-bond acceptors (Lipinski definition) is 6. The Bertz CT molecular complexity index is 94.5. The van der Waals surface area contributed by atoms with Crippen molar-refractivity contribution in [2.75, 3.05) is 0 Å². The first-order chi connectivity index (χ1) is 5.88. The topological polar surface area (TPSA) is 115 Å². The molecule has 0 radical (unpaired) electrons. The van der Waals surface area contributed by atoms with Gasteiger partial charge in [0.25, 0.3) is 0 Å². The summed E-state index contributed by atoms with van der Waals surface area (Å²) in [6.45, 7) is 0. The summed E-state index contributed by atoms with van der Waals surface area (Å²) < 4.78 is 20.2. The fraction of sp³-hybridized carbons (Fsp3) is 0.333. The molecular weight excluding hydrogens is 192 g/mol. The molecule has 0 saturated heterocycles. The van der Waals surface area contributed by atoms with Gasteiger partial charge in [-0.25, -0.2) is 0 Å². The zero-order chi connectivity index (χ0) is 11.3. The van der Waals surface area contributed by atoms with Crippen LogP contribution in [0.1, 0.15) is 6.42 Å². The van der Waals surface area contributed by atoms with Gasteiger partial charge in [-0.3, -0.25) is 8.63 Å². The van der Waals surface area contributed by atoms with Gasteiger partial charge in [-0.15, -0.1) is 0 Å². The minimum atomic E-state index is -2.67. The third kappa shape index (κ3) is 686. The van der Waals surface area contributed by atoms with Gasteiger partial charge in [0.15, 0.2) is 0 Å². The molecule has 0 amide bonds. The van der Waals surface area contributed by atoms with Gasteiger partial charge in [0.1, 0.15) is 12.6 Å². The van der Waals surface area contributed by atoms with E-state index in [1.165, 1.54) is 0 Å². The Labute approximate surface area is 73.2 Å². The van der Waals surface area contributed by atoms with E-state index in [4.69, 9.17) is 20.1 Å². The summed E-state index contributed by atoms with van der Waals surface area (Å²) in [4.78, 5) is 18.3. The summed E-state index contributed by atoms with van der Waals surface area (Å²) in [5, 5.41) is 27.8. The maximum absolute atomic E-state index is 10.1. The summed E-state index contributed by atoms with van der Waals surface area (Å²) in [7, 11) is -5.33. The zero-order valence-corrected chi connectivity index (χ0v) is 6.38. The molecule has 0 aromatic carbocycles. The van der Waals surface area contributed by atoms with Crippen molar-refractivity contribution in [1.29, 1.82) is 0 Å². The molecule has 0 fully saturated rings. The first-order valence-electron chi connectivity index (χ1n) is 2.76. The molecule has 13 heavy (non-hydrogen) atoms. The van der Waals surface area contributed by atoms with Crippen molar-refractivity contribution in [2.45, 2.75) is 6.42 Å². The SMILES string of the molecule is O=CCC=O.OB(O)F.OB(O)F. The summed E-state index contributed by atoms with van der Waals surface area (Å²) in [6, 6.07) is 0. The highest BCUT2D eigenvalue weighted by Crippen LogP contribution is 1.57. The van der Waals surface area contributed by atoms with E-state index in [1.807, 2.05) is 0 Å². The molecule has 0 aromatic heterocycles. The number of halogens is 2. The van der Waals surface area contributed by atoms with Gasteiger partial charge >= 0.3 is 14.8 Å². The fourth-order valence-electron chi connectivity index (χ4n) is 0.0393. The number of carbonyl (C=O) groups is 2. The second-order valence-corrected chi connectivity index (χ2v) is 1.19. The van der Waals surface area contributed by atoms with E-state index < -0.39 is 14.8 Å². The highest BCUT2D eigenvalue weighted by Gasteiger charge is 1.97. The molecule has 6 nitrogen and oxygen atoms in total. The van der Waals surface area contributed by atoms with Crippen LogP contribution < -0.4 is 0 Å². The first kappa shape index (κ1) is 18.1. The Morgan fingerprint density at radius 1 is 0.923 bits per heavy atom. The van der Waals surface area contributed by atoms with Crippen LogP contribution in [0.5, 0.6) is 0 Å². The fourth-order valence-corrected chi connectivity index (χ4v) is 0.0393. The number of aldehydes is 2. The molecule has 0 aromatic rings. The van der Waals surface area contributed by atoms with Crippen molar-refractivity contribution in [3.63, 3.8) is 0 Å². The molecule has 0 rings (SSSR count). The Balaban J connectivity index is -0.000000117. The highest BCUT2D eigenvalue weighted by molar-refractivity contribution is 6.31. The van der Waals surface area contributed by atoms with Crippen LogP contribution in [0.3, 0.4) is 0 Å². The predicted molar refractivity (Wildman–Crippen MR) is 39.3 cm³/mol. The smallest absolute Gasteiger partial charge is 0.398 e. The second kappa shape index (κ2) is 17.3. The molecule has 0 heterocycles. The molecule has 0 aliphatic heterocycles. The van der Waals surface area contributed by atoms with Crippen molar-refractivity contribution in [3.05, 3.63) is 0 Å². The minimum absolute atomic E-state index is 0.0278. The van der Waals surface area contributed by atoms with Crippen LogP contribution in [0.25, 0.3) is 0 Å². The number of hydrogen-bond donors (Lipinski definition) is 4. The lowest BCUT2D eigenvalue weighted by atomic mass is 10.3. The second-order valence-electron chi connectivity index (χ2n) is 1.19. The highest BCUT2D eigenvalue weighted by atomic mass is 19.1. The Kier molecular flexibility index (Phi) is 24.0. The molecule has 0 atom stereocenters. The average Bonchev–Trinajstić information content (AvgIpc) is 1.86. The van der Waals surface area contributed by atoms with E-state index in [0.717, 1.165) is 0 Å². The molecule has 76 valence electrons. The third-order valence-corrected chi connectivity index (χ3v) is 0.192. The summed E-state index contributed by atoms with van der Waals surface area (Å²) >= 11 is 0. The van der Waals surface area contributed by atoms with Crippen molar-refractivity contribution in [1.82, 2.24) is 0 Å². The standard InChI is InChI=1S/C3H4O2.2BFH2O2/c4-2-1-3-5;2*2-1(3)4/h2-3H,1H2;2*3-4H. The van der Waals surface area contributed by atoms with Crippen molar-refractivity contribution in [2.24, 2.45) is 0 Å². The number of rotatable bonds is 2. The van der Waals surface area contributed by atoms with Crippen LogP contribution in [0.15, 0.2) is 0 Å². The van der Waals surface area contributed by atoms with E-state index in [2.05, 4.69) is 0 Å². The molecule has 0 aliphatic rings. The summed E-state index contributed by atoms with van der Waals surface area (Å²) in [6.07, 6.45) is 1.15. The molecule has 4 N–H and O–H groups in total. The Morgan fingerprint density at radius 2 is 1.08 bits per heavy atom. The molecular formula is C3H8B2F2O6. The quantitative estimate of drug-likeness (QED) is 0.225. The van der Waals surface area contributed by atoms with Crippen LogP contribution >= 0.6 is 0 Å². The van der Waals surface area contributed by atoms with Gasteiger partial charge in [-0.05, 0) is 0 Å². The van der Waals surface area contributed by atoms with E-state index in [1.54, 1.807) is 0 Å². The lowest BCUT2D eigenvalue weighted by Crippen LogP contribution is -1.98. The van der Waals surface area contributed by atoms with Gasteiger partial charge in [-0.1, -0.05) is 0 Å². The van der Waals surface area contributed by atoms with E-state index in [-0.39, 0.29) is 6.42 Å². The van der Waals surface area contributed by atoms with Gasteiger partial charge in [-0.2, -0.15) is 0 Å². The van der Waals surface area contributed by atoms with Gasteiger partial charge < -0.3 is 29.7 Å². The van der Waals surface area contributed by atoms with Crippen molar-refractivity contribution >= 4 is 27.4 Å². The normalized spacial score (nSPS) is 6.62. The van der Waals surface area contributed by atoms with Crippen LogP contribution in [-0.4, -0.2) is 47.5 Å². The predicted octanol–water partition coefficient (Wildman–Crippen LogP) is -2.37. The average molecular weight is 200 g/mol. The summed E-state index contributed by atoms with van der Waals surface area (Å²) in [5.41, 5.74) is 0. The van der Waals surface area contributed by atoms with Crippen LogP contribution in [0.4, 0.5) is 8.63 Å². The van der Waals surface area contributed by atoms with E-state index in [0.29, 0.717) is 12.6 Å². The number of carbonyl (C=O) groups excluding carboxylic acids is 2. The maximum atomic E-state index is 10.1. The van der Waals surface area contributed by atoms with Gasteiger partial charge in [0, 0.05) is 0 Å². The Hall–Kier alpha value is -0.830. The third-order valence-electron chi connectivity index (χ3n) is 0.192. The molecule has 0 unspecified atom stereocenters. The lowest BCUT2D eigenvalue weighted by molar-refractivity contribution is -0.114. The van der Waals surface area contributed by atoms with Gasteiger partial charge in [0.2, 0.25) is 0 Å². The molecule has 10 heteroatoms. The molecule has 0 saturated carbocycles. The van der Waals surface area contributed by atoms with Crippen LogP contribution in [-0.2, 0) is 9.59 Å². The molecule has 0 bridgehead atoms. The van der Waals surface area contributed by atoms with Crippen LogP contribution in [0.2, 0.25) is 0 Å². The van der Waals surface area contributed by atoms with Gasteiger partial charge in [0.05, 0.1) is 6.42 Å². The van der Waals surface area contributed by atoms with Crippen LogP contribution in [0, 0.1) is 0 Å². The summed E-state index contributed by atoms with van der Waals surface area (Å²) in [5.74, 6) is 0. The first-order valence-corrected chi connectivity index (χ1v) is 2.76.